The van der Waals surface area contributed by atoms with Crippen molar-refractivity contribution in [1.82, 2.24) is 15.2 Å². The van der Waals surface area contributed by atoms with Gasteiger partial charge in [-0.3, -0.25) is 9.78 Å². The van der Waals surface area contributed by atoms with Crippen molar-refractivity contribution in [2.45, 2.75) is 13.0 Å². The van der Waals surface area contributed by atoms with Gasteiger partial charge in [0.2, 0.25) is 0 Å². The molecule has 1 saturated heterocycles. The molecule has 0 saturated carbocycles. The van der Waals surface area contributed by atoms with Gasteiger partial charge in [-0.05, 0) is 36.8 Å². The number of carbonyl (C=O) groups excluding carboxylic acids is 1. The maximum atomic E-state index is 13.0. The summed E-state index contributed by atoms with van der Waals surface area (Å²) in [6.45, 7) is 4.18. The Morgan fingerprint density at radius 3 is 3.08 bits per heavy atom. The Morgan fingerprint density at radius 2 is 2.25 bits per heavy atom. The first-order valence-corrected chi connectivity index (χ1v) is 8.14. The second-order valence-corrected chi connectivity index (χ2v) is 6.16. The van der Waals surface area contributed by atoms with Crippen molar-refractivity contribution in [3.8, 4) is 0 Å². The van der Waals surface area contributed by atoms with E-state index in [9.17, 15) is 4.79 Å². The standard InChI is InChI=1S/C19H19N3O2/c1-13-4-5-17-15(9-13)10-18(24-17)19(23)22-8-7-21-12-16(22)14-3-2-6-20-11-14/h2-6,9-11,16,21H,7-8,12H2,1H3. The second-order valence-electron chi connectivity index (χ2n) is 6.16. The van der Waals surface area contributed by atoms with Crippen molar-refractivity contribution in [2.24, 2.45) is 0 Å². The number of amides is 1. The number of aromatic nitrogens is 1. The van der Waals surface area contributed by atoms with Crippen LogP contribution in [-0.2, 0) is 0 Å². The van der Waals surface area contributed by atoms with Gasteiger partial charge in [0, 0.05) is 37.4 Å². The molecule has 0 bridgehead atoms. The fourth-order valence-electron chi connectivity index (χ4n) is 3.23. The summed E-state index contributed by atoms with van der Waals surface area (Å²) in [5, 5.41) is 4.32. The van der Waals surface area contributed by atoms with E-state index in [1.54, 1.807) is 6.20 Å². The highest BCUT2D eigenvalue weighted by molar-refractivity contribution is 5.96. The molecular weight excluding hydrogens is 302 g/mol. The van der Waals surface area contributed by atoms with Crippen molar-refractivity contribution in [3.05, 3.63) is 65.7 Å². The summed E-state index contributed by atoms with van der Waals surface area (Å²) >= 11 is 0. The molecule has 3 aromatic rings. The van der Waals surface area contributed by atoms with E-state index in [2.05, 4.69) is 10.3 Å². The van der Waals surface area contributed by atoms with E-state index >= 15 is 0 Å². The predicted octanol–water partition coefficient (Wildman–Crippen LogP) is 2.92. The van der Waals surface area contributed by atoms with Gasteiger partial charge < -0.3 is 14.6 Å². The zero-order chi connectivity index (χ0) is 16.5. The minimum Gasteiger partial charge on any atom is -0.451 e. The third kappa shape index (κ3) is 2.67. The number of hydrogen-bond acceptors (Lipinski definition) is 4. The maximum Gasteiger partial charge on any atom is 0.290 e. The lowest BCUT2D eigenvalue weighted by Crippen LogP contribution is -2.48. The van der Waals surface area contributed by atoms with Crippen LogP contribution in [0.5, 0.6) is 0 Å². The van der Waals surface area contributed by atoms with E-state index in [1.165, 1.54) is 0 Å². The highest BCUT2D eigenvalue weighted by atomic mass is 16.3. The molecule has 1 N–H and O–H groups in total. The number of nitrogens with zero attached hydrogens (tertiary/aromatic N) is 2. The summed E-state index contributed by atoms with van der Waals surface area (Å²) in [6.07, 6.45) is 3.56. The third-order valence-corrected chi connectivity index (χ3v) is 4.46. The Bertz CT molecular complexity index is 873. The first-order valence-electron chi connectivity index (χ1n) is 8.14. The molecule has 1 aromatic carbocycles. The lowest BCUT2D eigenvalue weighted by molar-refractivity contribution is 0.0604. The Morgan fingerprint density at radius 1 is 1.33 bits per heavy atom. The Hall–Kier alpha value is -2.66. The van der Waals surface area contributed by atoms with Crippen molar-refractivity contribution in [3.63, 3.8) is 0 Å². The molecule has 1 unspecified atom stereocenters. The topological polar surface area (TPSA) is 58.4 Å². The first-order chi connectivity index (χ1) is 11.7. The van der Waals surface area contributed by atoms with Crippen LogP contribution in [-0.4, -0.2) is 35.4 Å². The second kappa shape index (κ2) is 6.09. The van der Waals surface area contributed by atoms with Crippen LogP contribution in [0, 0.1) is 6.92 Å². The van der Waals surface area contributed by atoms with Crippen LogP contribution < -0.4 is 5.32 Å². The number of nitrogens with one attached hydrogen (secondary N) is 1. The van der Waals surface area contributed by atoms with E-state index in [-0.39, 0.29) is 11.9 Å². The van der Waals surface area contributed by atoms with Crippen molar-refractivity contribution < 1.29 is 9.21 Å². The van der Waals surface area contributed by atoms with E-state index < -0.39 is 0 Å². The van der Waals surface area contributed by atoms with Gasteiger partial charge in [-0.1, -0.05) is 17.7 Å². The van der Waals surface area contributed by atoms with Crippen LogP contribution in [0.3, 0.4) is 0 Å². The van der Waals surface area contributed by atoms with Crippen molar-refractivity contribution >= 4 is 16.9 Å². The Labute approximate surface area is 140 Å². The van der Waals surface area contributed by atoms with Crippen molar-refractivity contribution in [1.29, 1.82) is 0 Å². The largest absolute Gasteiger partial charge is 0.451 e. The van der Waals surface area contributed by atoms with Crippen LogP contribution in [0.15, 0.2) is 53.2 Å². The molecule has 122 valence electrons. The van der Waals surface area contributed by atoms with Crippen LogP contribution in [0.1, 0.15) is 27.7 Å². The quantitative estimate of drug-likeness (QED) is 0.788. The number of pyridine rings is 1. The molecule has 1 aliphatic heterocycles. The number of piperazine rings is 1. The van der Waals surface area contributed by atoms with Crippen LogP contribution in [0.2, 0.25) is 0 Å². The van der Waals surface area contributed by atoms with Gasteiger partial charge in [-0.15, -0.1) is 0 Å². The number of carbonyl (C=O) groups is 1. The smallest absolute Gasteiger partial charge is 0.290 e. The molecule has 1 fully saturated rings. The molecule has 3 heterocycles. The monoisotopic (exact) mass is 321 g/mol. The molecule has 0 radical (unpaired) electrons. The van der Waals surface area contributed by atoms with Gasteiger partial charge in [0.15, 0.2) is 5.76 Å². The summed E-state index contributed by atoms with van der Waals surface area (Å²) in [7, 11) is 0. The van der Waals surface area contributed by atoms with Gasteiger partial charge in [-0.25, -0.2) is 0 Å². The maximum absolute atomic E-state index is 13.0. The summed E-state index contributed by atoms with van der Waals surface area (Å²) in [6, 6.07) is 11.7. The van der Waals surface area contributed by atoms with Crippen molar-refractivity contribution in [2.75, 3.05) is 19.6 Å². The molecule has 0 spiro atoms. The van der Waals surface area contributed by atoms with E-state index in [0.29, 0.717) is 12.3 Å². The number of hydrogen-bond donors (Lipinski definition) is 1. The number of benzene rings is 1. The molecule has 24 heavy (non-hydrogen) atoms. The molecule has 0 aliphatic carbocycles. The number of aryl methyl sites for hydroxylation is 1. The predicted molar refractivity (Wildman–Crippen MR) is 91.8 cm³/mol. The summed E-state index contributed by atoms with van der Waals surface area (Å²) < 4.78 is 5.80. The molecule has 1 amide bonds. The molecule has 5 heteroatoms. The molecule has 2 aromatic heterocycles. The molecular formula is C19H19N3O2. The lowest BCUT2D eigenvalue weighted by atomic mass is 10.0. The highest BCUT2D eigenvalue weighted by Crippen LogP contribution is 2.26. The van der Waals surface area contributed by atoms with Crippen LogP contribution in [0.4, 0.5) is 0 Å². The minimum absolute atomic E-state index is 0.0325. The van der Waals surface area contributed by atoms with E-state index in [4.69, 9.17) is 4.42 Å². The fraction of sp³-hybridized carbons (Fsp3) is 0.263. The Balaban J connectivity index is 1.67. The lowest BCUT2D eigenvalue weighted by Gasteiger charge is -2.35. The summed E-state index contributed by atoms with van der Waals surface area (Å²) in [5.74, 6) is 0.325. The van der Waals surface area contributed by atoms with E-state index in [0.717, 1.165) is 35.2 Å². The molecule has 5 nitrogen and oxygen atoms in total. The normalized spacial score (nSPS) is 18.0. The minimum atomic E-state index is -0.0702. The molecule has 1 atom stereocenters. The van der Waals surface area contributed by atoms with E-state index in [1.807, 2.05) is 54.4 Å². The number of fused-ring (bicyclic) bond motifs is 1. The molecule has 1 aliphatic rings. The van der Waals surface area contributed by atoms with Gasteiger partial charge in [0.05, 0.1) is 6.04 Å². The highest BCUT2D eigenvalue weighted by Gasteiger charge is 2.30. The Kier molecular flexibility index (Phi) is 3.78. The number of rotatable bonds is 2. The summed E-state index contributed by atoms with van der Waals surface area (Å²) in [5.41, 5.74) is 2.93. The SMILES string of the molecule is Cc1ccc2oc(C(=O)N3CCNCC3c3cccnc3)cc2c1. The van der Waals surface area contributed by atoms with Gasteiger partial charge in [0.1, 0.15) is 5.58 Å². The van der Waals surface area contributed by atoms with Gasteiger partial charge >= 0.3 is 0 Å². The zero-order valence-corrected chi connectivity index (χ0v) is 13.5. The van der Waals surface area contributed by atoms with Crippen LogP contribution >= 0.6 is 0 Å². The van der Waals surface area contributed by atoms with Gasteiger partial charge in [-0.2, -0.15) is 0 Å². The number of furan rings is 1. The molecule has 4 rings (SSSR count). The average Bonchev–Trinajstić information content (AvgIpc) is 3.05. The summed E-state index contributed by atoms with van der Waals surface area (Å²) in [4.78, 5) is 19.1. The average molecular weight is 321 g/mol. The fourth-order valence-corrected chi connectivity index (χ4v) is 3.23. The van der Waals surface area contributed by atoms with Crippen LogP contribution in [0.25, 0.3) is 11.0 Å². The van der Waals surface area contributed by atoms with Gasteiger partial charge in [0.25, 0.3) is 5.91 Å². The zero-order valence-electron chi connectivity index (χ0n) is 13.5. The third-order valence-electron chi connectivity index (χ3n) is 4.46. The first kappa shape index (κ1) is 14.9.